The normalized spacial score (nSPS) is 11.1. The van der Waals surface area contributed by atoms with E-state index in [1.807, 2.05) is 66.7 Å². The van der Waals surface area contributed by atoms with E-state index in [9.17, 15) is 5.11 Å². The van der Waals surface area contributed by atoms with Gasteiger partial charge in [0.25, 0.3) is 0 Å². The molecule has 0 unspecified atom stereocenters. The van der Waals surface area contributed by atoms with Crippen LogP contribution in [0.25, 0.3) is 22.5 Å². The third kappa shape index (κ3) is 5.64. The van der Waals surface area contributed by atoms with Crippen LogP contribution in [0.3, 0.4) is 0 Å². The van der Waals surface area contributed by atoms with Crippen LogP contribution in [0.5, 0.6) is 5.75 Å². The van der Waals surface area contributed by atoms with Crippen molar-refractivity contribution in [3.63, 3.8) is 0 Å². The first-order valence-corrected chi connectivity index (χ1v) is 10.6. The third-order valence-electron chi connectivity index (χ3n) is 4.78. The Hall–Kier alpha value is -2.42. The number of aromatic nitrogens is 2. The van der Waals surface area contributed by atoms with Gasteiger partial charge in [0.15, 0.2) is 0 Å². The number of hydrogen-bond donors (Lipinski definition) is 1. The molecule has 0 spiro atoms. The predicted octanol–water partition coefficient (Wildman–Crippen LogP) is 6.76. The zero-order valence-electron chi connectivity index (χ0n) is 17.6. The van der Waals surface area contributed by atoms with E-state index in [0.29, 0.717) is 0 Å². The molecule has 31 heavy (non-hydrogen) atoms. The van der Waals surface area contributed by atoms with Gasteiger partial charge in [0.2, 0.25) is 0 Å². The van der Waals surface area contributed by atoms with Crippen LogP contribution in [0, 0.1) is 6.07 Å². The van der Waals surface area contributed by atoms with E-state index in [0.717, 1.165) is 38.0 Å². The van der Waals surface area contributed by atoms with E-state index in [1.165, 1.54) is 0 Å². The summed E-state index contributed by atoms with van der Waals surface area (Å²) in [6.07, 6.45) is 1.79. The Balaban J connectivity index is 0.00000272. The van der Waals surface area contributed by atoms with Crippen LogP contribution in [0.1, 0.15) is 26.3 Å². The van der Waals surface area contributed by atoms with Crippen molar-refractivity contribution >= 4 is 11.8 Å². The maximum atomic E-state index is 10.5. The van der Waals surface area contributed by atoms with E-state index in [2.05, 4.69) is 31.8 Å². The first-order valence-electron chi connectivity index (χ1n) is 9.83. The first-order chi connectivity index (χ1) is 14.4. The number of benzene rings is 2. The van der Waals surface area contributed by atoms with Crippen molar-refractivity contribution in [1.29, 1.82) is 0 Å². The second kappa shape index (κ2) is 9.80. The number of phenolic OH excluding ortho intramolecular Hbond substituents is 1. The van der Waals surface area contributed by atoms with Crippen LogP contribution >= 0.6 is 11.8 Å². The van der Waals surface area contributed by atoms with Gasteiger partial charge in [-0.3, -0.25) is 4.98 Å². The van der Waals surface area contributed by atoms with Crippen molar-refractivity contribution in [2.24, 2.45) is 0 Å². The Kier molecular flexibility index (Phi) is 7.35. The second-order valence-corrected chi connectivity index (χ2v) is 9.15. The molecule has 2 aromatic carbocycles. The molecule has 0 radical (unpaired) electrons. The maximum absolute atomic E-state index is 10.5. The van der Waals surface area contributed by atoms with Crippen LogP contribution in [0.15, 0.2) is 88.9 Å². The third-order valence-corrected chi connectivity index (χ3v) is 5.69. The van der Waals surface area contributed by atoms with Crippen molar-refractivity contribution in [2.75, 3.05) is 0 Å². The Labute approximate surface area is 202 Å². The molecule has 0 aliphatic carbocycles. The number of phenols is 1. The number of nitrogens with zero attached hydrogens (tertiary/aromatic N) is 2. The molecule has 0 saturated carbocycles. The van der Waals surface area contributed by atoms with E-state index in [-0.39, 0.29) is 32.2 Å². The van der Waals surface area contributed by atoms with E-state index < -0.39 is 0 Å². The maximum Gasteiger partial charge on any atom is 0.124 e. The van der Waals surface area contributed by atoms with Crippen LogP contribution in [-0.2, 0) is 26.5 Å². The molecule has 0 saturated heterocycles. The second-order valence-electron chi connectivity index (χ2n) is 8.09. The van der Waals surface area contributed by atoms with Gasteiger partial charge in [-0.05, 0) is 47.0 Å². The summed E-state index contributed by atoms with van der Waals surface area (Å²) in [5, 5.41) is 11.4. The van der Waals surface area contributed by atoms with Gasteiger partial charge in [-0.2, -0.15) is 0 Å². The van der Waals surface area contributed by atoms with Gasteiger partial charge in [-0.25, -0.2) is 4.98 Å². The molecule has 0 bridgehead atoms. The number of pyridine rings is 2. The monoisotopic (exact) mass is 606 g/mol. The summed E-state index contributed by atoms with van der Waals surface area (Å²) in [4.78, 5) is 10.2. The minimum absolute atomic E-state index is 0. The summed E-state index contributed by atoms with van der Waals surface area (Å²) in [6, 6.07) is 26.9. The number of rotatable bonds is 4. The Bertz CT molecular complexity index is 1170. The van der Waals surface area contributed by atoms with Gasteiger partial charge >= 0.3 is 0 Å². The summed E-state index contributed by atoms with van der Waals surface area (Å²) < 4.78 is 0. The van der Waals surface area contributed by atoms with Crippen LogP contribution in [-0.4, -0.2) is 15.1 Å². The molecule has 0 atom stereocenters. The van der Waals surface area contributed by atoms with Gasteiger partial charge in [0.1, 0.15) is 5.75 Å². The van der Waals surface area contributed by atoms with Gasteiger partial charge in [-0.15, -0.1) is 29.8 Å². The van der Waals surface area contributed by atoms with Gasteiger partial charge in [-0.1, -0.05) is 61.7 Å². The minimum Gasteiger partial charge on any atom is -0.507 e. The van der Waals surface area contributed by atoms with Crippen molar-refractivity contribution in [3.05, 3.63) is 90.6 Å². The Morgan fingerprint density at radius 3 is 2.39 bits per heavy atom. The summed E-state index contributed by atoms with van der Waals surface area (Å²) >= 11 is 1.57. The SMILES string of the molecule is CC(C)(C)c1ccc(O)c(-c2cccc(-c3[c-]c(Sc4ccccn4)ccc3)n2)c1.[Pt]. The van der Waals surface area contributed by atoms with E-state index in [4.69, 9.17) is 4.98 Å². The molecular weight excluding hydrogens is 583 g/mol. The molecule has 0 aliphatic rings. The van der Waals surface area contributed by atoms with E-state index in [1.54, 1.807) is 24.0 Å². The topological polar surface area (TPSA) is 46.0 Å². The molecule has 5 heteroatoms. The van der Waals surface area contributed by atoms with Gasteiger partial charge < -0.3 is 5.11 Å². The Morgan fingerprint density at radius 2 is 1.65 bits per heavy atom. The van der Waals surface area contributed by atoms with Crippen molar-refractivity contribution in [3.8, 4) is 28.3 Å². The molecule has 0 amide bonds. The summed E-state index contributed by atoms with van der Waals surface area (Å²) in [6.45, 7) is 6.48. The van der Waals surface area contributed by atoms with Gasteiger partial charge in [0, 0.05) is 32.8 Å². The van der Waals surface area contributed by atoms with Crippen molar-refractivity contribution in [2.45, 2.75) is 36.1 Å². The molecule has 1 N–H and O–H groups in total. The quantitative estimate of drug-likeness (QED) is 0.261. The smallest absolute Gasteiger partial charge is 0.124 e. The zero-order chi connectivity index (χ0) is 21.1. The molecular formula is C26H23N2OPtS-. The predicted molar refractivity (Wildman–Crippen MR) is 123 cm³/mol. The van der Waals surface area contributed by atoms with Crippen LogP contribution < -0.4 is 0 Å². The summed E-state index contributed by atoms with van der Waals surface area (Å²) in [5.74, 6) is 0.232. The summed E-state index contributed by atoms with van der Waals surface area (Å²) in [7, 11) is 0. The largest absolute Gasteiger partial charge is 0.507 e. The molecule has 4 rings (SSSR count). The average Bonchev–Trinajstić information content (AvgIpc) is 2.74. The fourth-order valence-corrected chi connectivity index (χ4v) is 3.91. The molecule has 2 heterocycles. The van der Waals surface area contributed by atoms with Crippen LogP contribution in [0.2, 0.25) is 0 Å². The number of aromatic hydroxyl groups is 1. The standard InChI is InChI=1S/C26H23N2OS.Pt/c1-26(2,3)19-13-14-24(29)21(17-19)23-11-7-10-22(28-23)18-8-6-9-20(16-18)30-25-12-4-5-15-27-25;/h4-15,17,29H,1-3H3;/q-1;. The molecule has 0 fully saturated rings. The minimum atomic E-state index is -0.00906. The first kappa shape index (κ1) is 23.2. The number of hydrogen-bond acceptors (Lipinski definition) is 4. The van der Waals surface area contributed by atoms with Crippen molar-refractivity contribution < 1.29 is 26.2 Å². The Morgan fingerprint density at radius 1 is 0.871 bits per heavy atom. The molecule has 0 aliphatic heterocycles. The summed E-state index contributed by atoms with van der Waals surface area (Å²) in [5.41, 5.74) is 4.35. The van der Waals surface area contributed by atoms with Crippen LogP contribution in [0.4, 0.5) is 0 Å². The van der Waals surface area contributed by atoms with Gasteiger partial charge in [0.05, 0.1) is 10.7 Å². The van der Waals surface area contributed by atoms with Crippen molar-refractivity contribution in [1.82, 2.24) is 9.97 Å². The molecule has 3 nitrogen and oxygen atoms in total. The van der Waals surface area contributed by atoms with E-state index >= 15 is 0 Å². The molecule has 2 aromatic heterocycles. The molecule has 4 aromatic rings. The fourth-order valence-electron chi connectivity index (χ4n) is 3.12. The average molecular weight is 607 g/mol. The fraction of sp³-hybridized carbons (Fsp3) is 0.154. The zero-order valence-corrected chi connectivity index (χ0v) is 20.7. The molecule has 160 valence electrons.